The highest BCUT2D eigenvalue weighted by atomic mass is 16.5. The lowest BCUT2D eigenvalue weighted by Crippen LogP contribution is -2.09. The summed E-state index contributed by atoms with van der Waals surface area (Å²) >= 11 is 0. The van der Waals surface area contributed by atoms with Crippen LogP contribution < -0.4 is 9.47 Å². The Morgan fingerprint density at radius 2 is 1.55 bits per heavy atom. The third kappa shape index (κ3) is 5.42. The number of aryl methyl sites for hydroxylation is 1. The molecule has 0 aliphatic carbocycles. The van der Waals surface area contributed by atoms with Gasteiger partial charge in [0.25, 0.3) is 0 Å². The molecule has 0 aliphatic heterocycles. The summed E-state index contributed by atoms with van der Waals surface area (Å²) in [6, 6.07) is 29.3. The van der Waals surface area contributed by atoms with E-state index in [9.17, 15) is 9.59 Å². The van der Waals surface area contributed by atoms with Gasteiger partial charge in [-0.3, -0.25) is 4.79 Å². The Labute approximate surface area is 220 Å². The predicted octanol–water partition coefficient (Wildman–Crippen LogP) is 7.92. The highest BCUT2D eigenvalue weighted by molar-refractivity contribution is 6.10. The average molecular weight is 503 g/mol. The standard InChI is InChI=1S/C33H26O5/c1-3-36-27-18-20-30-28(21-27)31(32(38-30)25-7-5-4-6-8-25)33(35)37-26-16-11-23(12-17-26)13-19-29(34)24-14-9-22(2)10-15-24/h4-21H,3H2,1-2H3. The summed E-state index contributed by atoms with van der Waals surface area (Å²) in [4.78, 5) is 25.9. The molecule has 5 heteroatoms. The minimum Gasteiger partial charge on any atom is -0.494 e. The molecule has 0 saturated carbocycles. The fourth-order valence-corrected chi connectivity index (χ4v) is 4.12. The number of ketones is 1. The van der Waals surface area contributed by atoms with Crippen LogP contribution in [0.2, 0.25) is 0 Å². The highest BCUT2D eigenvalue weighted by Gasteiger charge is 2.24. The topological polar surface area (TPSA) is 65.7 Å². The van der Waals surface area contributed by atoms with Gasteiger partial charge in [-0.15, -0.1) is 0 Å². The van der Waals surface area contributed by atoms with Gasteiger partial charge in [-0.25, -0.2) is 4.79 Å². The first kappa shape index (κ1) is 24.8. The van der Waals surface area contributed by atoms with Crippen molar-refractivity contribution in [2.75, 3.05) is 6.61 Å². The number of furan rings is 1. The second kappa shape index (κ2) is 11.0. The number of benzene rings is 4. The molecule has 0 radical (unpaired) electrons. The zero-order valence-electron chi connectivity index (χ0n) is 21.1. The predicted molar refractivity (Wildman–Crippen MR) is 149 cm³/mol. The third-order valence-electron chi connectivity index (χ3n) is 6.06. The van der Waals surface area contributed by atoms with Gasteiger partial charge < -0.3 is 13.9 Å². The monoisotopic (exact) mass is 502 g/mol. The van der Waals surface area contributed by atoms with Gasteiger partial charge in [-0.2, -0.15) is 0 Å². The van der Waals surface area contributed by atoms with Crippen molar-refractivity contribution >= 4 is 28.8 Å². The van der Waals surface area contributed by atoms with E-state index in [0.29, 0.717) is 46.0 Å². The number of hydrogen-bond donors (Lipinski definition) is 0. The van der Waals surface area contributed by atoms with Crippen molar-refractivity contribution in [2.24, 2.45) is 0 Å². The maximum atomic E-state index is 13.5. The van der Waals surface area contributed by atoms with Gasteiger partial charge >= 0.3 is 5.97 Å². The van der Waals surface area contributed by atoms with Crippen LogP contribution in [0.25, 0.3) is 28.4 Å². The fourth-order valence-electron chi connectivity index (χ4n) is 4.12. The Balaban J connectivity index is 1.39. The van der Waals surface area contributed by atoms with Crippen LogP contribution in [0.4, 0.5) is 0 Å². The molecule has 0 spiro atoms. The van der Waals surface area contributed by atoms with Crippen molar-refractivity contribution in [2.45, 2.75) is 13.8 Å². The van der Waals surface area contributed by atoms with E-state index >= 15 is 0 Å². The van der Waals surface area contributed by atoms with Gasteiger partial charge in [0, 0.05) is 16.5 Å². The lowest BCUT2D eigenvalue weighted by molar-refractivity contribution is 0.0736. The quantitative estimate of drug-likeness (QED) is 0.0933. The van der Waals surface area contributed by atoms with Crippen LogP contribution in [0.3, 0.4) is 0 Å². The van der Waals surface area contributed by atoms with Crippen molar-refractivity contribution in [3.8, 4) is 22.8 Å². The van der Waals surface area contributed by atoms with Crippen LogP contribution >= 0.6 is 0 Å². The maximum Gasteiger partial charge on any atom is 0.348 e. The summed E-state index contributed by atoms with van der Waals surface area (Å²) in [6.45, 7) is 4.39. The summed E-state index contributed by atoms with van der Waals surface area (Å²) in [5.41, 5.74) is 4.22. The van der Waals surface area contributed by atoms with Crippen LogP contribution in [0.15, 0.2) is 108 Å². The summed E-state index contributed by atoms with van der Waals surface area (Å²) in [5.74, 6) is 0.854. The Hall–Kier alpha value is -4.90. The van der Waals surface area contributed by atoms with Gasteiger partial charge in [-0.1, -0.05) is 78.4 Å². The van der Waals surface area contributed by atoms with Crippen LogP contribution in [-0.2, 0) is 0 Å². The smallest absolute Gasteiger partial charge is 0.348 e. The van der Waals surface area contributed by atoms with Crippen LogP contribution in [0.5, 0.6) is 11.5 Å². The summed E-state index contributed by atoms with van der Waals surface area (Å²) in [7, 11) is 0. The lowest BCUT2D eigenvalue weighted by Gasteiger charge is -2.07. The normalized spacial score (nSPS) is 11.1. The molecule has 1 aromatic heterocycles. The number of hydrogen-bond acceptors (Lipinski definition) is 5. The summed E-state index contributed by atoms with van der Waals surface area (Å²) in [6.07, 6.45) is 3.27. The van der Waals surface area contributed by atoms with E-state index in [-0.39, 0.29) is 5.78 Å². The Morgan fingerprint density at radius 1 is 0.842 bits per heavy atom. The molecular formula is C33H26O5. The fraction of sp³-hybridized carbons (Fsp3) is 0.0909. The second-order valence-corrected chi connectivity index (χ2v) is 8.79. The van der Waals surface area contributed by atoms with Gasteiger partial charge in [0.05, 0.1) is 6.61 Å². The van der Waals surface area contributed by atoms with Gasteiger partial charge in [0.1, 0.15) is 28.4 Å². The average Bonchev–Trinajstić information content (AvgIpc) is 3.33. The first-order chi connectivity index (χ1) is 18.5. The molecule has 38 heavy (non-hydrogen) atoms. The molecule has 1 heterocycles. The molecule has 0 fully saturated rings. The first-order valence-electron chi connectivity index (χ1n) is 12.4. The zero-order chi connectivity index (χ0) is 26.5. The van der Waals surface area contributed by atoms with E-state index in [4.69, 9.17) is 13.9 Å². The van der Waals surface area contributed by atoms with Crippen molar-refractivity contribution in [3.05, 3.63) is 125 Å². The van der Waals surface area contributed by atoms with Crippen molar-refractivity contribution < 1.29 is 23.5 Å². The Morgan fingerprint density at radius 3 is 2.26 bits per heavy atom. The minimum atomic E-state index is -0.533. The molecule has 0 bridgehead atoms. The van der Waals surface area contributed by atoms with Crippen molar-refractivity contribution in [3.63, 3.8) is 0 Å². The highest BCUT2D eigenvalue weighted by Crippen LogP contribution is 2.36. The van der Waals surface area contributed by atoms with E-state index < -0.39 is 5.97 Å². The van der Waals surface area contributed by atoms with Crippen LogP contribution in [-0.4, -0.2) is 18.4 Å². The number of rotatable bonds is 8. The maximum absolute atomic E-state index is 13.5. The van der Waals surface area contributed by atoms with Crippen LogP contribution in [0.1, 0.15) is 38.8 Å². The first-order valence-corrected chi connectivity index (χ1v) is 12.4. The number of fused-ring (bicyclic) bond motifs is 1. The van der Waals surface area contributed by atoms with E-state index in [2.05, 4.69) is 0 Å². The molecular weight excluding hydrogens is 476 g/mol. The van der Waals surface area contributed by atoms with Gasteiger partial charge in [0.15, 0.2) is 5.78 Å². The minimum absolute atomic E-state index is 0.0767. The van der Waals surface area contributed by atoms with Crippen molar-refractivity contribution in [1.82, 2.24) is 0 Å². The molecule has 5 aromatic rings. The molecule has 188 valence electrons. The number of allylic oxidation sites excluding steroid dienone is 1. The second-order valence-electron chi connectivity index (χ2n) is 8.79. The Bertz CT molecular complexity index is 1610. The molecule has 5 nitrogen and oxygen atoms in total. The number of esters is 1. The SMILES string of the molecule is CCOc1ccc2oc(-c3ccccc3)c(C(=O)Oc3ccc(C=CC(=O)c4ccc(C)cc4)cc3)c2c1. The lowest BCUT2D eigenvalue weighted by atomic mass is 10.1. The van der Waals surface area contributed by atoms with Crippen LogP contribution in [0, 0.1) is 6.92 Å². The third-order valence-corrected chi connectivity index (χ3v) is 6.06. The molecule has 0 unspecified atom stereocenters. The van der Waals surface area contributed by atoms with E-state index in [1.165, 1.54) is 6.08 Å². The van der Waals surface area contributed by atoms with Gasteiger partial charge in [0.2, 0.25) is 0 Å². The molecule has 5 rings (SSSR count). The summed E-state index contributed by atoms with van der Waals surface area (Å²) < 4.78 is 17.5. The largest absolute Gasteiger partial charge is 0.494 e. The molecule has 4 aromatic carbocycles. The van der Waals surface area contributed by atoms with Gasteiger partial charge in [-0.05, 0) is 55.8 Å². The molecule has 0 aliphatic rings. The molecule has 0 N–H and O–H groups in total. The number of carbonyl (C=O) groups is 2. The molecule has 0 amide bonds. The van der Waals surface area contributed by atoms with E-state index in [1.54, 1.807) is 42.5 Å². The van der Waals surface area contributed by atoms with E-state index in [0.717, 1.165) is 16.7 Å². The zero-order valence-corrected chi connectivity index (χ0v) is 21.1. The van der Waals surface area contributed by atoms with E-state index in [1.807, 2.05) is 74.5 Å². The Kier molecular flexibility index (Phi) is 7.18. The summed E-state index contributed by atoms with van der Waals surface area (Å²) in [5, 5.41) is 0.619. The number of carbonyl (C=O) groups excluding carboxylic acids is 2. The molecule has 0 atom stereocenters. The number of ether oxygens (including phenoxy) is 2. The van der Waals surface area contributed by atoms with Crippen molar-refractivity contribution in [1.29, 1.82) is 0 Å². The molecule has 0 saturated heterocycles.